The molecule has 0 saturated carbocycles. The minimum absolute atomic E-state index is 0.126. The van der Waals surface area contributed by atoms with Gasteiger partial charge >= 0.3 is 0 Å². The lowest BCUT2D eigenvalue weighted by Gasteiger charge is -2.00. The SMILES string of the molecule is [2H]c1ccc(S(=O)(=O)c2cnc([2H])nc2)nc1. The molecule has 0 N–H and O–H groups in total. The highest BCUT2D eigenvalue weighted by atomic mass is 32.2. The van der Waals surface area contributed by atoms with Gasteiger partial charge in [0.1, 0.15) is 12.6 Å². The Morgan fingerprint density at radius 3 is 2.60 bits per heavy atom. The van der Waals surface area contributed by atoms with Gasteiger partial charge in [-0.1, -0.05) is 6.07 Å². The molecule has 0 aliphatic carbocycles. The maximum atomic E-state index is 12.0. The Morgan fingerprint density at radius 2 is 2.00 bits per heavy atom. The Balaban J connectivity index is 2.50. The van der Waals surface area contributed by atoms with Crippen LogP contribution in [0.25, 0.3) is 0 Å². The van der Waals surface area contributed by atoms with E-state index in [1.807, 2.05) is 0 Å². The Morgan fingerprint density at radius 1 is 1.27 bits per heavy atom. The molecule has 0 saturated heterocycles. The second-order valence-electron chi connectivity index (χ2n) is 2.62. The van der Waals surface area contributed by atoms with Crippen LogP contribution < -0.4 is 0 Å². The van der Waals surface area contributed by atoms with E-state index in [0.717, 1.165) is 18.6 Å². The van der Waals surface area contributed by atoms with Crippen molar-refractivity contribution in [3.8, 4) is 0 Å². The largest absolute Gasteiger partial charge is 0.244 e. The number of hydrogen-bond acceptors (Lipinski definition) is 5. The molecule has 15 heavy (non-hydrogen) atoms. The summed E-state index contributed by atoms with van der Waals surface area (Å²) in [5.74, 6) is 0. The number of aromatic nitrogens is 3. The highest BCUT2D eigenvalue weighted by molar-refractivity contribution is 7.91. The van der Waals surface area contributed by atoms with Gasteiger partial charge in [0, 0.05) is 18.6 Å². The van der Waals surface area contributed by atoms with Crippen LogP contribution in [0.5, 0.6) is 0 Å². The molecule has 0 radical (unpaired) electrons. The van der Waals surface area contributed by atoms with E-state index in [2.05, 4.69) is 15.0 Å². The summed E-state index contributed by atoms with van der Waals surface area (Å²) >= 11 is 0. The number of rotatable bonds is 2. The fourth-order valence-corrected chi connectivity index (χ4v) is 2.04. The second-order valence-corrected chi connectivity index (χ2v) is 4.52. The number of hydrogen-bond donors (Lipinski definition) is 0. The Bertz CT molecular complexity index is 575. The molecule has 0 aromatic carbocycles. The zero-order valence-corrected chi connectivity index (χ0v) is 8.27. The first-order chi connectivity index (χ1) is 8.00. The monoisotopic (exact) mass is 223 g/mol. The van der Waals surface area contributed by atoms with E-state index in [1.54, 1.807) is 0 Å². The van der Waals surface area contributed by atoms with E-state index in [1.165, 1.54) is 12.1 Å². The first-order valence-electron chi connectivity index (χ1n) is 4.96. The fraction of sp³-hybridized carbons (Fsp3) is 0. The Hall–Kier alpha value is -1.82. The smallest absolute Gasteiger partial charge is 0.226 e. The number of pyridine rings is 1. The highest BCUT2D eigenvalue weighted by Gasteiger charge is 2.18. The zero-order chi connectivity index (χ0) is 12.5. The lowest BCUT2D eigenvalue weighted by Crippen LogP contribution is -2.04. The maximum absolute atomic E-state index is 12.0. The van der Waals surface area contributed by atoms with Crippen molar-refractivity contribution in [2.24, 2.45) is 0 Å². The lowest BCUT2D eigenvalue weighted by molar-refractivity contribution is 0.591. The van der Waals surface area contributed by atoms with E-state index < -0.39 is 9.84 Å². The van der Waals surface area contributed by atoms with Crippen LogP contribution in [0, 0.1) is 0 Å². The normalized spacial score (nSPS) is 13.1. The molecular weight excluding hydrogens is 214 g/mol. The van der Waals surface area contributed by atoms with Crippen LogP contribution in [0.4, 0.5) is 0 Å². The standard InChI is InChI=1S/C9H7N3O2S/c13-15(14,8-5-10-7-11-6-8)9-3-1-2-4-12-9/h1-7H/i2D,7D. The van der Waals surface area contributed by atoms with Crippen molar-refractivity contribution >= 4 is 9.84 Å². The Labute approximate surface area is 89.6 Å². The van der Waals surface area contributed by atoms with Gasteiger partial charge in [0.15, 0.2) is 5.03 Å². The van der Waals surface area contributed by atoms with Gasteiger partial charge in [0.05, 0.1) is 1.37 Å². The van der Waals surface area contributed by atoms with E-state index in [-0.39, 0.29) is 22.3 Å². The zero-order valence-electron chi connectivity index (χ0n) is 9.45. The first-order valence-corrected chi connectivity index (χ1v) is 5.45. The predicted octanol–water partition coefficient (Wildman–Crippen LogP) is 0.704. The van der Waals surface area contributed by atoms with Crippen molar-refractivity contribution in [2.45, 2.75) is 9.92 Å². The van der Waals surface area contributed by atoms with Crippen molar-refractivity contribution in [3.63, 3.8) is 0 Å². The molecular formula is C9H7N3O2S. The third kappa shape index (κ3) is 1.84. The van der Waals surface area contributed by atoms with Gasteiger partial charge < -0.3 is 0 Å². The summed E-state index contributed by atoms with van der Waals surface area (Å²) in [5, 5.41) is -0.171. The quantitative estimate of drug-likeness (QED) is 0.749. The van der Waals surface area contributed by atoms with Crippen molar-refractivity contribution in [1.82, 2.24) is 15.0 Å². The third-order valence-electron chi connectivity index (χ3n) is 1.67. The van der Waals surface area contributed by atoms with Crippen molar-refractivity contribution in [1.29, 1.82) is 0 Å². The average Bonchev–Trinajstić information content (AvgIpc) is 2.30. The minimum atomic E-state index is -3.78. The van der Waals surface area contributed by atoms with Crippen LogP contribution in [-0.2, 0) is 9.84 Å². The van der Waals surface area contributed by atoms with Gasteiger partial charge in [-0.15, -0.1) is 0 Å². The summed E-state index contributed by atoms with van der Waals surface area (Å²) in [6.07, 6.45) is 3.01. The average molecular weight is 223 g/mol. The van der Waals surface area contributed by atoms with Gasteiger partial charge in [-0.25, -0.2) is 23.4 Å². The molecule has 2 rings (SSSR count). The minimum Gasteiger partial charge on any atom is -0.244 e. The molecule has 0 aliphatic rings. The molecule has 2 aromatic rings. The fourth-order valence-electron chi connectivity index (χ4n) is 0.976. The van der Waals surface area contributed by atoms with Gasteiger partial charge in [0.2, 0.25) is 9.84 Å². The molecule has 0 atom stereocenters. The molecule has 2 aromatic heterocycles. The highest BCUT2D eigenvalue weighted by Crippen LogP contribution is 2.15. The molecule has 0 fully saturated rings. The maximum Gasteiger partial charge on any atom is 0.226 e. The summed E-state index contributed by atoms with van der Waals surface area (Å²) in [6, 6.07) is 2.70. The topological polar surface area (TPSA) is 72.8 Å². The second kappa shape index (κ2) is 3.74. The van der Waals surface area contributed by atoms with Gasteiger partial charge in [-0.3, -0.25) is 0 Å². The lowest BCUT2D eigenvalue weighted by atomic mass is 10.5. The first kappa shape index (κ1) is 7.47. The van der Waals surface area contributed by atoms with Crippen molar-refractivity contribution in [3.05, 3.63) is 43.1 Å². The third-order valence-corrected chi connectivity index (χ3v) is 3.30. The summed E-state index contributed by atoms with van der Waals surface area (Å²) < 4.78 is 38.3. The van der Waals surface area contributed by atoms with Crippen LogP contribution >= 0.6 is 0 Å². The summed E-state index contributed by atoms with van der Waals surface area (Å²) in [4.78, 5) is 10.5. The summed E-state index contributed by atoms with van der Waals surface area (Å²) in [5.41, 5.74) is 0. The predicted molar refractivity (Wildman–Crippen MR) is 51.7 cm³/mol. The number of nitrogens with zero attached hydrogens (tertiary/aromatic N) is 3. The molecule has 0 spiro atoms. The van der Waals surface area contributed by atoms with Crippen molar-refractivity contribution < 1.29 is 11.2 Å². The summed E-state index contributed by atoms with van der Waals surface area (Å²) in [7, 11) is -3.78. The molecule has 0 unspecified atom stereocenters. The molecule has 6 heteroatoms. The Kier molecular flexibility index (Phi) is 1.86. The van der Waals surface area contributed by atoms with Gasteiger partial charge in [0.25, 0.3) is 0 Å². The van der Waals surface area contributed by atoms with Crippen molar-refractivity contribution in [2.75, 3.05) is 0 Å². The molecule has 0 amide bonds. The van der Waals surface area contributed by atoms with E-state index in [0.29, 0.717) is 0 Å². The summed E-state index contributed by atoms with van der Waals surface area (Å²) in [6.45, 7) is 0. The molecule has 76 valence electrons. The van der Waals surface area contributed by atoms with Crippen LogP contribution in [0.3, 0.4) is 0 Å². The molecule has 0 aliphatic heterocycles. The van der Waals surface area contributed by atoms with Crippen LogP contribution in [0.15, 0.2) is 53.0 Å². The van der Waals surface area contributed by atoms with Gasteiger partial charge in [-0.05, 0) is 12.1 Å². The number of sulfone groups is 1. The van der Waals surface area contributed by atoms with Crippen LogP contribution in [0.1, 0.15) is 2.74 Å². The van der Waals surface area contributed by atoms with E-state index in [4.69, 9.17) is 2.74 Å². The molecule has 2 heterocycles. The van der Waals surface area contributed by atoms with Crippen LogP contribution in [-0.4, -0.2) is 23.4 Å². The molecule has 0 bridgehead atoms. The molecule has 5 nitrogen and oxygen atoms in total. The van der Waals surface area contributed by atoms with Crippen LogP contribution in [0.2, 0.25) is 0 Å². The van der Waals surface area contributed by atoms with Gasteiger partial charge in [-0.2, -0.15) is 0 Å². The van der Waals surface area contributed by atoms with E-state index >= 15 is 0 Å². The van der Waals surface area contributed by atoms with E-state index in [9.17, 15) is 8.42 Å².